The number of nitrogens with two attached hydrogens (primary N) is 1. The number of carbonyl (C=O) groups is 1. The summed E-state index contributed by atoms with van der Waals surface area (Å²) < 4.78 is 37.3. The van der Waals surface area contributed by atoms with Crippen LogP contribution in [0, 0.1) is 0 Å². The van der Waals surface area contributed by atoms with Gasteiger partial charge in [-0.15, -0.1) is 0 Å². The minimum atomic E-state index is -4.41. The summed E-state index contributed by atoms with van der Waals surface area (Å²) in [4.78, 5) is 11.4. The number of halogens is 3. The highest BCUT2D eigenvalue weighted by Gasteiger charge is 2.30. The normalized spacial score (nSPS) is 11.5. The monoisotopic (exact) mass is 289 g/mol. The number of nitrogens with one attached hydrogen (secondary N) is 2. The molecule has 1 amide bonds. The molecule has 0 aromatic heterocycles. The summed E-state index contributed by atoms with van der Waals surface area (Å²) in [6.07, 6.45) is -4.19. The number of carbonyl (C=O) groups excluding carboxylic acids is 1. The lowest BCUT2D eigenvalue weighted by molar-refractivity contribution is -0.137. The van der Waals surface area contributed by atoms with Crippen molar-refractivity contribution in [3.8, 4) is 0 Å². The van der Waals surface area contributed by atoms with Gasteiger partial charge in [0.15, 0.2) is 0 Å². The molecule has 0 saturated carbocycles. The van der Waals surface area contributed by atoms with Crippen molar-refractivity contribution in [3.05, 3.63) is 23.8 Å². The predicted octanol–water partition coefficient (Wildman–Crippen LogP) is 2.61. The number of alkyl halides is 3. The Hall–Kier alpha value is -1.92. The molecule has 0 unspecified atom stereocenters. The molecule has 0 aliphatic rings. The van der Waals surface area contributed by atoms with Gasteiger partial charge in [-0.25, -0.2) is 0 Å². The van der Waals surface area contributed by atoms with E-state index in [2.05, 4.69) is 10.6 Å². The number of hydrogen-bond donors (Lipinski definition) is 3. The van der Waals surface area contributed by atoms with E-state index in [1.165, 1.54) is 6.07 Å². The van der Waals surface area contributed by atoms with E-state index in [4.69, 9.17) is 5.73 Å². The molecule has 0 fully saturated rings. The Kier molecular flexibility index (Phi) is 5.24. The second-order valence-corrected chi connectivity index (χ2v) is 4.70. The van der Waals surface area contributed by atoms with Crippen LogP contribution in [0.2, 0.25) is 0 Å². The molecule has 4 N–H and O–H groups in total. The highest BCUT2D eigenvalue weighted by Crippen LogP contribution is 2.32. The first-order chi connectivity index (χ1) is 9.20. The average Bonchev–Trinajstić information content (AvgIpc) is 2.28. The fourth-order valence-corrected chi connectivity index (χ4v) is 1.60. The van der Waals surface area contributed by atoms with Crippen molar-refractivity contribution in [3.63, 3.8) is 0 Å². The summed E-state index contributed by atoms with van der Waals surface area (Å²) in [5.74, 6) is -0.127. The minimum Gasteiger partial charge on any atom is -0.397 e. The van der Waals surface area contributed by atoms with Gasteiger partial charge in [0.1, 0.15) is 0 Å². The Balaban J connectivity index is 2.55. The van der Waals surface area contributed by atoms with Crippen molar-refractivity contribution in [1.29, 1.82) is 0 Å². The molecule has 0 bridgehead atoms. The highest BCUT2D eigenvalue weighted by molar-refractivity contribution is 5.77. The molecule has 7 heteroatoms. The minimum absolute atomic E-state index is 0.00379. The van der Waals surface area contributed by atoms with Gasteiger partial charge >= 0.3 is 6.18 Å². The quantitative estimate of drug-likeness (QED) is 0.730. The smallest absolute Gasteiger partial charge is 0.397 e. The highest BCUT2D eigenvalue weighted by atomic mass is 19.4. The van der Waals surface area contributed by atoms with Crippen molar-refractivity contribution in [1.82, 2.24) is 5.32 Å². The second kappa shape index (κ2) is 6.49. The third-order valence-electron chi connectivity index (χ3n) is 2.50. The number of amides is 1. The molecule has 20 heavy (non-hydrogen) atoms. The van der Waals surface area contributed by atoms with Gasteiger partial charge < -0.3 is 16.4 Å². The van der Waals surface area contributed by atoms with Gasteiger partial charge in [0.25, 0.3) is 0 Å². The molecule has 0 spiro atoms. The zero-order chi connectivity index (χ0) is 15.3. The first-order valence-electron chi connectivity index (χ1n) is 6.20. The van der Waals surface area contributed by atoms with Gasteiger partial charge in [-0.3, -0.25) is 4.79 Å². The summed E-state index contributed by atoms with van der Waals surface area (Å²) in [6.45, 7) is 3.99. The van der Waals surface area contributed by atoms with Crippen molar-refractivity contribution in [2.75, 3.05) is 17.6 Å². The first-order valence-corrected chi connectivity index (χ1v) is 6.20. The Morgan fingerprint density at radius 1 is 1.35 bits per heavy atom. The Morgan fingerprint density at radius 3 is 2.50 bits per heavy atom. The Labute approximate surface area is 115 Å². The molecule has 0 saturated heterocycles. The van der Waals surface area contributed by atoms with Crippen molar-refractivity contribution >= 4 is 17.3 Å². The molecule has 112 valence electrons. The van der Waals surface area contributed by atoms with E-state index in [-0.39, 0.29) is 24.1 Å². The van der Waals surface area contributed by atoms with Gasteiger partial charge in [0.2, 0.25) is 5.91 Å². The van der Waals surface area contributed by atoms with Gasteiger partial charge in [-0.2, -0.15) is 13.2 Å². The molecule has 0 aliphatic heterocycles. The topological polar surface area (TPSA) is 67.2 Å². The van der Waals surface area contributed by atoms with Crippen molar-refractivity contribution in [2.45, 2.75) is 32.5 Å². The molecule has 1 aromatic rings. The number of anilines is 2. The van der Waals surface area contributed by atoms with E-state index in [1.807, 2.05) is 13.8 Å². The van der Waals surface area contributed by atoms with Crippen LogP contribution in [-0.2, 0) is 11.0 Å². The van der Waals surface area contributed by atoms with Crippen LogP contribution in [0.1, 0.15) is 25.8 Å². The molecular weight excluding hydrogens is 271 g/mol. The fraction of sp³-hybridized carbons (Fsp3) is 0.462. The third-order valence-corrected chi connectivity index (χ3v) is 2.50. The zero-order valence-electron chi connectivity index (χ0n) is 11.3. The predicted molar refractivity (Wildman–Crippen MR) is 72.2 cm³/mol. The molecule has 4 nitrogen and oxygen atoms in total. The van der Waals surface area contributed by atoms with E-state index in [9.17, 15) is 18.0 Å². The summed E-state index contributed by atoms with van der Waals surface area (Å²) in [5, 5.41) is 5.56. The molecule has 0 atom stereocenters. The van der Waals surface area contributed by atoms with Gasteiger partial charge in [-0.05, 0) is 32.0 Å². The SMILES string of the molecule is CC(C)NC(=O)CCNc1ccc(C(F)(F)F)cc1N. The van der Waals surface area contributed by atoms with Crippen LogP contribution < -0.4 is 16.4 Å². The van der Waals surface area contributed by atoms with Crippen LogP contribution in [0.5, 0.6) is 0 Å². The van der Waals surface area contributed by atoms with Gasteiger partial charge in [-0.1, -0.05) is 0 Å². The molecule has 0 heterocycles. The van der Waals surface area contributed by atoms with E-state index in [0.29, 0.717) is 12.2 Å². The largest absolute Gasteiger partial charge is 0.416 e. The van der Waals surface area contributed by atoms with Crippen LogP contribution in [0.25, 0.3) is 0 Å². The average molecular weight is 289 g/mol. The maximum Gasteiger partial charge on any atom is 0.416 e. The lowest BCUT2D eigenvalue weighted by Gasteiger charge is -2.13. The summed E-state index contributed by atoms with van der Waals surface area (Å²) in [7, 11) is 0. The molecular formula is C13H18F3N3O. The van der Waals surface area contributed by atoms with Gasteiger partial charge in [0, 0.05) is 19.0 Å². The van der Waals surface area contributed by atoms with Crippen LogP contribution in [0.4, 0.5) is 24.5 Å². The number of nitrogen functional groups attached to an aromatic ring is 1. The lowest BCUT2D eigenvalue weighted by atomic mass is 10.1. The number of rotatable bonds is 5. The Bertz CT molecular complexity index is 472. The standard InChI is InChI=1S/C13H18F3N3O/c1-8(2)19-12(20)5-6-18-11-4-3-9(7-10(11)17)13(14,15)16/h3-4,7-8,18H,5-6,17H2,1-2H3,(H,19,20). The molecule has 1 aromatic carbocycles. The van der Waals surface area contributed by atoms with Crippen LogP contribution in [0.3, 0.4) is 0 Å². The van der Waals surface area contributed by atoms with E-state index in [1.54, 1.807) is 0 Å². The second-order valence-electron chi connectivity index (χ2n) is 4.70. The van der Waals surface area contributed by atoms with E-state index >= 15 is 0 Å². The number of hydrogen-bond acceptors (Lipinski definition) is 3. The first kappa shape index (κ1) is 16.1. The van der Waals surface area contributed by atoms with Crippen molar-refractivity contribution < 1.29 is 18.0 Å². The molecule has 0 radical (unpaired) electrons. The zero-order valence-corrected chi connectivity index (χ0v) is 11.3. The van der Waals surface area contributed by atoms with E-state index < -0.39 is 11.7 Å². The number of benzene rings is 1. The molecule has 0 aliphatic carbocycles. The molecule has 1 rings (SSSR count). The third kappa shape index (κ3) is 4.99. The summed E-state index contributed by atoms with van der Waals surface area (Å²) in [5.41, 5.74) is 5.15. The van der Waals surface area contributed by atoms with E-state index in [0.717, 1.165) is 12.1 Å². The lowest BCUT2D eigenvalue weighted by Crippen LogP contribution is -2.31. The Morgan fingerprint density at radius 2 is 2.00 bits per heavy atom. The summed E-state index contributed by atoms with van der Waals surface area (Å²) in [6, 6.07) is 3.14. The van der Waals surface area contributed by atoms with Crippen LogP contribution in [0.15, 0.2) is 18.2 Å². The van der Waals surface area contributed by atoms with Crippen LogP contribution in [-0.4, -0.2) is 18.5 Å². The maximum atomic E-state index is 12.4. The maximum absolute atomic E-state index is 12.4. The van der Waals surface area contributed by atoms with Gasteiger partial charge in [0.05, 0.1) is 16.9 Å². The fourth-order valence-electron chi connectivity index (χ4n) is 1.60. The van der Waals surface area contributed by atoms with Crippen LogP contribution >= 0.6 is 0 Å². The van der Waals surface area contributed by atoms with Crippen molar-refractivity contribution in [2.24, 2.45) is 0 Å². The summed E-state index contributed by atoms with van der Waals surface area (Å²) >= 11 is 0.